The number of rotatable bonds is 5. The van der Waals surface area contributed by atoms with Crippen molar-refractivity contribution in [2.45, 2.75) is 44.9 Å². The molecule has 2 aliphatic rings. The van der Waals surface area contributed by atoms with Crippen molar-refractivity contribution >= 4 is 23.9 Å². The molecule has 2 saturated heterocycles. The van der Waals surface area contributed by atoms with Crippen molar-refractivity contribution in [3.63, 3.8) is 0 Å². The van der Waals surface area contributed by atoms with Crippen molar-refractivity contribution in [3.05, 3.63) is 42.0 Å². The van der Waals surface area contributed by atoms with Crippen LogP contribution in [0.3, 0.4) is 0 Å². The van der Waals surface area contributed by atoms with Gasteiger partial charge in [-0.3, -0.25) is 14.4 Å². The first kappa shape index (κ1) is 22.1. The predicted molar refractivity (Wildman–Crippen MR) is 115 cm³/mol. The molecule has 0 aromatic heterocycles. The summed E-state index contributed by atoms with van der Waals surface area (Å²) in [5, 5.41) is 0. The Labute approximate surface area is 178 Å². The molecule has 1 aromatic rings. The van der Waals surface area contributed by atoms with Gasteiger partial charge >= 0.3 is 5.97 Å². The Morgan fingerprint density at radius 2 is 1.50 bits per heavy atom. The van der Waals surface area contributed by atoms with Crippen LogP contribution in [0, 0.1) is 5.92 Å². The number of esters is 1. The number of nitrogens with zero attached hydrogens (tertiary/aromatic N) is 2. The fraction of sp³-hybridized carbons (Fsp3) is 0.542. The second kappa shape index (κ2) is 11.5. The Bertz CT molecular complexity index is 731. The minimum atomic E-state index is -0.317. The normalized spacial score (nSPS) is 18.7. The van der Waals surface area contributed by atoms with E-state index >= 15 is 0 Å². The Morgan fingerprint density at radius 1 is 0.867 bits per heavy atom. The highest BCUT2D eigenvalue weighted by molar-refractivity contribution is 5.92. The van der Waals surface area contributed by atoms with Crippen molar-refractivity contribution in [2.24, 2.45) is 5.92 Å². The number of benzene rings is 1. The van der Waals surface area contributed by atoms with E-state index in [-0.39, 0.29) is 30.3 Å². The summed E-state index contributed by atoms with van der Waals surface area (Å²) in [5.74, 6) is -0.698. The van der Waals surface area contributed by atoms with Gasteiger partial charge in [-0.1, -0.05) is 49.6 Å². The van der Waals surface area contributed by atoms with Gasteiger partial charge < -0.3 is 14.5 Å². The molecule has 2 aliphatic heterocycles. The molecule has 2 heterocycles. The van der Waals surface area contributed by atoms with E-state index in [1.807, 2.05) is 35.2 Å². The van der Waals surface area contributed by atoms with Gasteiger partial charge in [-0.25, -0.2) is 0 Å². The van der Waals surface area contributed by atoms with E-state index in [0.29, 0.717) is 25.9 Å². The van der Waals surface area contributed by atoms with E-state index in [0.717, 1.165) is 44.3 Å². The lowest BCUT2D eigenvalue weighted by Gasteiger charge is -2.30. The molecular formula is C24H32N2O4. The summed E-state index contributed by atoms with van der Waals surface area (Å²) < 4.78 is 5.32. The third-order valence-electron chi connectivity index (χ3n) is 5.90. The first-order valence-corrected chi connectivity index (χ1v) is 11.1. The number of hydrogen-bond donors (Lipinski definition) is 0. The number of hydrogen-bond acceptors (Lipinski definition) is 4. The number of piperidine rings is 1. The standard InChI is InChI=1S/C24H32N2O4/c27-22(12-11-20-9-5-4-6-10-20)26-17-13-21(14-18-26)24(29)30-19-23(28)25-15-7-2-1-3-8-16-25/h4-6,9-12,21H,1-3,7-8,13-19H2/b12-11+. The first-order chi connectivity index (χ1) is 14.6. The number of likely N-dealkylation sites (tertiary alicyclic amines) is 2. The van der Waals surface area contributed by atoms with Gasteiger partial charge in [0.2, 0.25) is 5.91 Å². The average molecular weight is 413 g/mol. The van der Waals surface area contributed by atoms with Crippen LogP contribution < -0.4 is 0 Å². The lowest BCUT2D eigenvalue weighted by molar-refractivity contribution is -0.157. The smallest absolute Gasteiger partial charge is 0.309 e. The quantitative estimate of drug-likeness (QED) is 0.550. The monoisotopic (exact) mass is 412 g/mol. The van der Waals surface area contributed by atoms with Crippen LogP contribution in [0.5, 0.6) is 0 Å². The molecule has 2 fully saturated rings. The van der Waals surface area contributed by atoms with Gasteiger partial charge in [0.25, 0.3) is 5.91 Å². The zero-order valence-electron chi connectivity index (χ0n) is 17.6. The van der Waals surface area contributed by atoms with Crippen molar-refractivity contribution in [3.8, 4) is 0 Å². The van der Waals surface area contributed by atoms with Crippen LogP contribution in [0.15, 0.2) is 36.4 Å². The van der Waals surface area contributed by atoms with E-state index < -0.39 is 0 Å². The van der Waals surface area contributed by atoms with Gasteiger partial charge in [-0.15, -0.1) is 0 Å². The van der Waals surface area contributed by atoms with Crippen LogP contribution in [0.25, 0.3) is 6.08 Å². The molecule has 0 aliphatic carbocycles. The molecule has 0 bridgehead atoms. The summed E-state index contributed by atoms with van der Waals surface area (Å²) in [7, 11) is 0. The molecule has 0 saturated carbocycles. The van der Waals surface area contributed by atoms with Gasteiger partial charge in [-0.05, 0) is 37.3 Å². The summed E-state index contributed by atoms with van der Waals surface area (Å²) in [5.41, 5.74) is 0.981. The molecule has 2 amide bonds. The van der Waals surface area contributed by atoms with Crippen molar-refractivity contribution in [2.75, 3.05) is 32.8 Å². The molecule has 0 radical (unpaired) electrons. The zero-order chi connectivity index (χ0) is 21.2. The Morgan fingerprint density at radius 3 is 2.17 bits per heavy atom. The zero-order valence-corrected chi connectivity index (χ0v) is 17.6. The van der Waals surface area contributed by atoms with Gasteiger partial charge in [0.1, 0.15) is 0 Å². The second-order valence-electron chi connectivity index (χ2n) is 8.10. The third-order valence-corrected chi connectivity index (χ3v) is 5.90. The second-order valence-corrected chi connectivity index (χ2v) is 8.10. The van der Waals surface area contributed by atoms with E-state index in [1.54, 1.807) is 17.1 Å². The molecule has 0 atom stereocenters. The highest BCUT2D eigenvalue weighted by atomic mass is 16.5. The molecule has 30 heavy (non-hydrogen) atoms. The SMILES string of the molecule is O=C(OCC(=O)N1CCCCCCC1)C1CCN(C(=O)/C=C/c2ccccc2)CC1. The highest BCUT2D eigenvalue weighted by Gasteiger charge is 2.28. The molecule has 3 rings (SSSR count). The molecule has 0 spiro atoms. The number of ether oxygens (including phenoxy) is 1. The summed E-state index contributed by atoms with van der Waals surface area (Å²) in [4.78, 5) is 40.7. The fourth-order valence-electron chi connectivity index (χ4n) is 4.01. The molecule has 6 nitrogen and oxygen atoms in total. The van der Waals surface area contributed by atoms with Crippen molar-refractivity contribution < 1.29 is 19.1 Å². The van der Waals surface area contributed by atoms with Gasteiger partial charge in [0, 0.05) is 32.3 Å². The maximum Gasteiger partial charge on any atom is 0.309 e. The average Bonchev–Trinajstić information content (AvgIpc) is 2.76. The Balaban J connectivity index is 1.38. The van der Waals surface area contributed by atoms with Crippen LogP contribution >= 0.6 is 0 Å². The largest absolute Gasteiger partial charge is 0.455 e. The van der Waals surface area contributed by atoms with Gasteiger partial charge in [-0.2, -0.15) is 0 Å². The Kier molecular flexibility index (Phi) is 8.48. The molecule has 0 unspecified atom stereocenters. The van der Waals surface area contributed by atoms with Gasteiger partial charge in [0.15, 0.2) is 6.61 Å². The predicted octanol–water partition coefficient (Wildman–Crippen LogP) is 3.27. The first-order valence-electron chi connectivity index (χ1n) is 11.1. The molecule has 0 N–H and O–H groups in total. The lowest BCUT2D eigenvalue weighted by Crippen LogP contribution is -2.41. The van der Waals surface area contributed by atoms with Crippen LogP contribution in [-0.4, -0.2) is 60.4 Å². The van der Waals surface area contributed by atoms with E-state index in [9.17, 15) is 14.4 Å². The molecule has 6 heteroatoms. The lowest BCUT2D eigenvalue weighted by atomic mass is 9.97. The fourth-order valence-corrected chi connectivity index (χ4v) is 4.01. The molecule has 1 aromatic carbocycles. The minimum absolute atomic E-state index is 0.0436. The maximum absolute atomic E-state index is 12.4. The summed E-state index contributed by atoms with van der Waals surface area (Å²) in [6.07, 6.45) is 10.1. The summed E-state index contributed by atoms with van der Waals surface area (Å²) in [6.45, 7) is 2.40. The van der Waals surface area contributed by atoms with Crippen LogP contribution in [0.2, 0.25) is 0 Å². The van der Waals surface area contributed by atoms with E-state index in [2.05, 4.69) is 0 Å². The maximum atomic E-state index is 12.4. The molecular weight excluding hydrogens is 380 g/mol. The van der Waals surface area contributed by atoms with E-state index in [4.69, 9.17) is 4.74 Å². The van der Waals surface area contributed by atoms with Crippen LogP contribution in [0.1, 0.15) is 50.5 Å². The molecule has 162 valence electrons. The Hall–Kier alpha value is -2.63. The minimum Gasteiger partial charge on any atom is -0.455 e. The summed E-state index contributed by atoms with van der Waals surface area (Å²) >= 11 is 0. The van der Waals surface area contributed by atoms with Gasteiger partial charge in [0.05, 0.1) is 5.92 Å². The van der Waals surface area contributed by atoms with Crippen LogP contribution in [-0.2, 0) is 19.1 Å². The highest BCUT2D eigenvalue weighted by Crippen LogP contribution is 2.19. The number of amides is 2. The third kappa shape index (κ3) is 6.71. The van der Waals surface area contributed by atoms with Crippen LogP contribution in [0.4, 0.5) is 0 Å². The van der Waals surface area contributed by atoms with E-state index in [1.165, 1.54) is 6.42 Å². The topological polar surface area (TPSA) is 66.9 Å². The number of carbonyl (C=O) groups excluding carboxylic acids is 3. The summed E-state index contributed by atoms with van der Waals surface area (Å²) in [6, 6.07) is 9.69. The van der Waals surface area contributed by atoms with Crippen molar-refractivity contribution in [1.29, 1.82) is 0 Å². The number of carbonyl (C=O) groups is 3. The van der Waals surface area contributed by atoms with Crippen molar-refractivity contribution in [1.82, 2.24) is 9.80 Å².